The van der Waals surface area contributed by atoms with Gasteiger partial charge in [-0.3, -0.25) is 14.5 Å². The molecule has 1 saturated carbocycles. The first-order valence-electron chi connectivity index (χ1n) is 9.91. The van der Waals surface area contributed by atoms with Crippen LogP contribution in [0.1, 0.15) is 47.0 Å². The Balaban J connectivity index is 1.96. The van der Waals surface area contributed by atoms with Gasteiger partial charge in [-0.2, -0.15) is 13.2 Å². The summed E-state index contributed by atoms with van der Waals surface area (Å²) in [5, 5.41) is 9.67. The third-order valence-corrected chi connectivity index (χ3v) is 6.78. The van der Waals surface area contributed by atoms with Gasteiger partial charge in [-0.15, -0.1) is 0 Å². The molecule has 3 rings (SSSR count). The van der Waals surface area contributed by atoms with Crippen molar-refractivity contribution in [2.75, 3.05) is 19.6 Å². The molecule has 1 spiro atoms. The summed E-state index contributed by atoms with van der Waals surface area (Å²) in [4.78, 5) is 40.5. The molecule has 11 heteroatoms. The lowest BCUT2D eigenvalue weighted by Gasteiger charge is -2.52. The average Bonchev–Trinajstić information content (AvgIpc) is 3.26. The topological polar surface area (TPSA) is 81.2 Å². The quantitative estimate of drug-likeness (QED) is 0.640. The number of alkyl halides is 4. The predicted octanol–water partition coefficient (Wildman–Crippen LogP) is 2.65. The van der Waals surface area contributed by atoms with Gasteiger partial charge < -0.3 is 14.9 Å². The highest BCUT2D eigenvalue weighted by Gasteiger charge is 2.65. The predicted molar refractivity (Wildman–Crippen MR) is 97.3 cm³/mol. The number of hydrogen-bond donors (Lipinski definition) is 1. The summed E-state index contributed by atoms with van der Waals surface area (Å²) in [5.41, 5.74) is -3.74. The molecule has 0 unspecified atom stereocenters. The first-order valence-corrected chi connectivity index (χ1v) is 9.91. The molecule has 7 nitrogen and oxygen atoms in total. The highest BCUT2D eigenvalue weighted by atomic mass is 19.4. The molecule has 3 atom stereocenters. The molecule has 2 aliphatic heterocycles. The van der Waals surface area contributed by atoms with Gasteiger partial charge in [-0.1, -0.05) is 20.8 Å². The van der Waals surface area contributed by atoms with Crippen LogP contribution in [0.4, 0.5) is 22.4 Å². The van der Waals surface area contributed by atoms with E-state index in [4.69, 9.17) is 0 Å². The number of carbonyl (C=O) groups excluding carboxylic acids is 2. The number of nitrogens with zero attached hydrogens (tertiary/aromatic N) is 3. The largest absolute Gasteiger partial charge is 0.471 e. The molecule has 1 N–H and O–H groups in total. The fourth-order valence-corrected chi connectivity index (χ4v) is 4.97. The minimum Gasteiger partial charge on any atom is -0.465 e. The third kappa shape index (κ3) is 3.30. The van der Waals surface area contributed by atoms with Crippen molar-refractivity contribution in [1.82, 2.24) is 14.7 Å². The number of amides is 3. The van der Waals surface area contributed by atoms with E-state index in [1.165, 1.54) is 11.8 Å². The van der Waals surface area contributed by atoms with Crippen molar-refractivity contribution in [1.29, 1.82) is 0 Å². The molecule has 3 aliphatic rings. The Hall–Kier alpha value is -2.07. The Morgan fingerprint density at radius 1 is 1.03 bits per heavy atom. The van der Waals surface area contributed by atoms with E-state index in [2.05, 4.69) is 0 Å². The molecular weight excluding hydrogens is 410 g/mol. The third-order valence-electron chi connectivity index (χ3n) is 6.78. The van der Waals surface area contributed by atoms with Crippen molar-refractivity contribution >= 4 is 17.9 Å². The second kappa shape index (κ2) is 6.71. The number of hydrogen-bond acceptors (Lipinski definition) is 3. The van der Waals surface area contributed by atoms with Gasteiger partial charge in [0.05, 0.1) is 12.1 Å². The molecule has 2 saturated heterocycles. The summed E-state index contributed by atoms with van der Waals surface area (Å²) in [6, 6.07) is -0.774. The smallest absolute Gasteiger partial charge is 0.465 e. The lowest BCUT2D eigenvalue weighted by atomic mass is 9.70. The van der Waals surface area contributed by atoms with Crippen molar-refractivity contribution in [3.8, 4) is 0 Å². The van der Waals surface area contributed by atoms with Gasteiger partial charge in [-0.05, 0) is 25.2 Å². The molecule has 30 heavy (non-hydrogen) atoms. The van der Waals surface area contributed by atoms with Crippen LogP contribution >= 0.6 is 0 Å². The van der Waals surface area contributed by atoms with Gasteiger partial charge in [0.25, 0.3) is 0 Å². The molecule has 3 fully saturated rings. The number of piperazine rings is 1. The number of likely N-dealkylation sites (tertiary alicyclic amines) is 1. The number of carbonyl (C=O) groups is 3. The molecule has 0 aromatic heterocycles. The summed E-state index contributed by atoms with van der Waals surface area (Å²) in [7, 11) is 0. The molecule has 1 aliphatic carbocycles. The molecule has 2 heterocycles. The first-order chi connectivity index (χ1) is 13.6. The molecule has 0 aromatic carbocycles. The van der Waals surface area contributed by atoms with Crippen LogP contribution in [0.15, 0.2) is 0 Å². The SMILES string of the molecule is C[C@@H]1CN(C(=O)C(F)(F)F)C2(CC2)CN1C(=O)[C@@]1(C(C)(C)C)C[C@@H](F)CN1C(=O)O. The average molecular weight is 437 g/mol. The van der Waals surface area contributed by atoms with Gasteiger partial charge in [0.2, 0.25) is 5.91 Å². The molecular formula is C19H27F4N3O4. The van der Waals surface area contributed by atoms with Crippen LogP contribution in [-0.4, -0.2) is 86.8 Å². The second-order valence-electron chi connectivity index (χ2n) is 9.72. The number of halogens is 4. The van der Waals surface area contributed by atoms with Gasteiger partial charge in [0.1, 0.15) is 11.7 Å². The lowest BCUT2D eigenvalue weighted by molar-refractivity contribution is -0.194. The van der Waals surface area contributed by atoms with Gasteiger partial charge in [0.15, 0.2) is 0 Å². The summed E-state index contributed by atoms with van der Waals surface area (Å²) in [5.74, 6) is -2.54. The van der Waals surface area contributed by atoms with E-state index in [1.807, 2.05) is 0 Å². The maximum absolute atomic E-state index is 14.4. The van der Waals surface area contributed by atoms with Crippen molar-refractivity contribution in [2.45, 2.75) is 76.4 Å². The van der Waals surface area contributed by atoms with Crippen molar-refractivity contribution < 1.29 is 37.1 Å². The van der Waals surface area contributed by atoms with E-state index in [0.29, 0.717) is 12.8 Å². The maximum Gasteiger partial charge on any atom is 0.471 e. The Morgan fingerprint density at radius 3 is 2.03 bits per heavy atom. The molecule has 0 bridgehead atoms. The van der Waals surface area contributed by atoms with Crippen LogP contribution < -0.4 is 0 Å². The highest BCUT2D eigenvalue weighted by molar-refractivity contribution is 5.92. The van der Waals surface area contributed by atoms with Crippen LogP contribution in [0.3, 0.4) is 0 Å². The zero-order valence-corrected chi connectivity index (χ0v) is 17.4. The fourth-order valence-electron chi connectivity index (χ4n) is 4.97. The summed E-state index contributed by atoms with van der Waals surface area (Å²) >= 11 is 0. The molecule has 3 amide bonds. The summed E-state index contributed by atoms with van der Waals surface area (Å²) in [6.07, 6.45) is -7.63. The highest BCUT2D eigenvalue weighted by Crippen LogP contribution is 2.50. The van der Waals surface area contributed by atoms with Crippen LogP contribution in [-0.2, 0) is 9.59 Å². The van der Waals surface area contributed by atoms with E-state index < -0.39 is 59.3 Å². The Morgan fingerprint density at radius 2 is 1.60 bits per heavy atom. The molecule has 0 radical (unpaired) electrons. The minimum absolute atomic E-state index is 0.128. The minimum atomic E-state index is -5.01. The number of rotatable bonds is 1. The zero-order valence-electron chi connectivity index (χ0n) is 17.4. The lowest BCUT2D eigenvalue weighted by Crippen LogP contribution is -2.70. The Labute approximate surface area is 172 Å². The van der Waals surface area contributed by atoms with E-state index in [9.17, 15) is 37.1 Å². The normalized spacial score (nSPS) is 31.3. The van der Waals surface area contributed by atoms with E-state index >= 15 is 0 Å². The van der Waals surface area contributed by atoms with Crippen molar-refractivity contribution in [3.05, 3.63) is 0 Å². The fraction of sp³-hybridized carbons (Fsp3) is 0.842. The van der Waals surface area contributed by atoms with Gasteiger partial charge in [-0.25, -0.2) is 9.18 Å². The molecule has 0 aromatic rings. The van der Waals surface area contributed by atoms with E-state index in [-0.39, 0.29) is 19.5 Å². The van der Waals surface area contributed by atoms with Crippen LogP contribution in [0.2, 0.25) is 0 Å². The van der Waals surface area contributed by atoms with Gasteiger partial charge >= 0.3 is 18.2 Å². The van der Waals surface area contributed by atoms with Gasteiger partial charge in [0, 0.05) is 25.6 Å². The maximum atomic E-state index is 14.4. The molecule has 170 valence electrons. The van der Waals surface area contributed by atoms with Crippen LogP contribution in [0.25, 0.3) is 0 Å². The van der Waals surface area contributed by atoms with Crippen LogP contribution in [0.5, 0.6) is 0 Å². The standard InChI is InChI=1S/C19H27F4N3O4/c1-11-8-25(14(28)19(21,22)23)17(5-6-17)10-24(11)13(27)18(16(2,3)4)7-12(20)9-26(18)15(29)30/h11-12H,5-10H2,1-4H3,(H,29,30)/t11-,12-,18-/m1/s1. The van der Waals surface area contributed by atoms with E-state index in [1.54, 1.807) is 20.8 Å². The van der Waals surface area contributed by atoms with Crippen molar-refractivity contribution in [3.63, 3.8) is 0 Å². The second-order valence-corrected chi connectivity index (χ2v) is 9.72. The van der Waals surface area contributed by atoms with Crippen LogP contribution in [0, 0.1) is 5.41 Å². The van der Waals surface area contributed by atoms with E-state index in [0.717, 1.165) is 9.80 Å². The summed E-state index contributed by atoms with van der Waals surface area (Å²) < 4.78 is 53.5. The Bertz CT molecular complexity index is 762. The summed E-state index contributed by atoms with van der Waals surface area (Å²) in [6.45, 7) is 5.60. The monoisotopic (exact) mass is 437 g/mol. The number of carboxylic acid groups (broad SMARTS) is 1. The first kappa shape index (κ1) is 22.6. The Kier molecular flexibility index (Phi) is 5.06. The zero-order chi connectivity index (χ0) is 22.9. The van der Waals surface area contributed by atoms with Crippen molar-refractivity contribution in [2.24, 2.45) is 5.41 Å².